The van der Waals surface area contributed by atoms with E-state index in [4.69, 9.17) is 15.9 Å². The van der Waals surface area contributed by atoms with Crippen LogP contribution in [0.25, 0.3) is 10.9 Å². The molecule has 5 heteroatoms. The molecule has 0 saturated carbocycles. The van der Waals surface area contributed by atoms with Crippen molar-refractivity contribution < 1.29 is 4.74 Å². The van der Waals surface area contributed by atoms with E-state index in [1.54, 1.807) is 13.3 Å². The maximum atomic E-state index is 7.38. The van der Waals surface area contributed by atoms with Crippen LogP contribution in [0.1, 0.15) is 5.56 Å². The normalized spacial score (nSPS) is 9.67. The van der Waals surface area contributed by atoms with Gasteiger partial charge in [-0.15, -0.1) is 12.4 Å². The first-order chi connectivity index (χ1) is 6.72. The molecule has 1 heterocycles. The minimum Gasteiger partial charge on any atom is -0.497 e. The van der Waals surface area contributed by atoms with Crippen LogP contribution in [0.15, 0.2) is 24.4 Å². The summed E-state index contributed by atoms with van der Waals surface area (Å²) in [6.07, 6.45) is 1.73. The predicted molar refractivity (Wildman–Crippen MR) is 63.1 cm³/mol. The minimum absolute atomic E-state index is 0. The predicted octanol–water partition coefficient (Wildman–Crippen LogP) is 1.88. The molecule has 2 aromatic rings. The monoisotopic (exact) mass is 225 g/mol. The molecule has 0 atom stereocenters. The van der Waals surface area contributed by atoms with Crippen molar-refractivity contribution in [2.45, 2.75) is 0 Å². The van der Waals surface area contributed by atoms with E-state index in [1.165, 1.54) is 0 Å². The molecule has 0 radical (unpaired) electrons. The fourth-order valence-corrected chi connectivity index (χ4v) is 1.45. The second-order valence-corrected chi connectivity index (χ2v) is 3.03. The number of ether oxygens (including phenoxy) is 1. The SMILES string of the molecule is COc1ccc2[nH]cc(C(=N)N)c2c1.Cl. The topological polar surface area (TPSA) is 74.9 Å². The lowest BCUT2D eigenvalue weighted by Gasteiger charge is -2.00. The van der Waals surface area contributed by atoms with Gasteiger partial charge in [0.1, 0.15) is 11.6 Å². The number of aromatic amines is 1. The average molecular weight is 226 g/mol. The van der Waals surface area contributed by atoms with Gasteiger partial charge in [0.15, 0.2) is 0 Å². The number of hydrogen-bond donors (Lipinski definition) is 3. The molecular weight excluding hydrogens is 214 g/mol. The van der Waals surface area contributed by atoms with Crippen LogP contribution >= 0.6 is 12.4 Å². The lowest BCUT2D eigenvalue weighted by molar-refractivity contribution is 0.415. The summed E-state index contributed by atoms with van der Waals surface area (Å²) in [7, 11) is 1.61. The molecule has 0 saturated heterocycles. The molecule has 1 aromatic carbocycles. The first-order valence-electron chi connectivity index (χ1n) is 4.22. The molecule has 15 heavy (non-hydrogen) atoms. The number of rotatable bonds is 2. The van der Waals surface area contributed by atoms with Crippen molar-refractivity contribution in [3.05, 3.63) is 30.0 Å². The summed E-state index contributed by atoms with van der Waals surface area (Å²) in [6, 6.07) is 5.63. The number of nitrogens with one attached hydrogen (secondary N) is 2. The average Bonchev–Trinajstić information content (AvgIpc) is 2.59. The highest BCUT2D eigenvalue weighted by Crippen LogP contribution is 2.22. The first-order valence-corrected chi connectivity index (χ1v) is 4.22. The summed E-state index contributed by atoms with van der Waals surface area (Å²) >= 11 is 0. The molecule has 80 valence electrons. The largest absolute Gasteiger partial charge is 0.497 e. The molecule has 4 nitrogen and oxygen atoms in total. The Morgan fingerprint density at radius 2 is 2.20 bits per heavy atom. The van der Waals surface area contributed by atoms with E-state index >= 15 is 0 Å². The van der Waals surface area contributed by atoms with Gasteiger partial charge in [0.2, 0.25) is 0 Å². The van der Waals surface area contributed by atoms with Gasteiger partial charge in [-0.25, -0.2) is 0 Å². The molecule has 0 bridgehead atoms. The van der Waals surface area contributed by atoms with Gasteiger partial charge in [0, 0.05) is 22.7 Å². The molecule has 0 aliphatic rings. The molecular formula is C10H12ClN3O. The lowest BCUT2D eigenvalue weighted by Crippen LogP contribution is -2.09. The zero-order valence-electron chi connectivity index (χ0n) is 8.20. The van der Waals surface area contributed by atoms with Gasteiger partial charge >= 0.3 is 0 Å². The van der Waals surface area contributed by atoms with Crippen LogP contribution in [0.5, 0.6) is 5.75 Å². The number of amidine groups is 1. The maximum Gasteiger partial charge on any atom is 0.124 e. The van der Waals surface area contributed by atoms with Gasteiger partial charge in [0.25, 0.3) is 0 Å². The van der Waals surface area contributed by atoms with Gasteiger partial charge < -0.3 is 15.5 Å². The van der Waals surface area contributed by atoms with E-state index in [0.29, 0.717) is 5.56 Å². The Hall–Kier alpha value is -1.68. The van der Waals surface area contributed by atoms with Crippen LogP contribution < -0.4 is 10.5 Å². The number of methoxy groups -OCH3 is 1. The van der Waals surface area contributed by atoms with Crippen molar-refractivity contribution in [3.8, 4) is 5.75 Å². The molecule has 0 fully saturated rings. The lowest BCUT2D eigenvalue weighted by atomic mass is 10.1. The van der Waals surface area contributed by atoms with Gasteiger partial charge in [-0.05, 0) is 18.2 Å². The second-order valence-electron chi connectivity index (χ2n) is 3.03. The third-order valence-electron chi connectivity index (χ3n) is 2.18. The fraction of sp³-hybridized carbons (Fsp3) is 0.100. The van der Waals surface area contributed by atoms with Gasteiger partial charge in [-0.2, -0.15) is 0 Å². The van der Waals surface area contributed by atoms with Crippen molar-refractivity contribution in [2.75, 3.05) is 7.11 Å². The number of nitrogen functional groups attached to an aromatic ring is 1. The fourth-order valence-electron chi connectivity index (χ4n) is 1.45. The standard InChI is InChI=1S/C10H11N3O.ClH/c1-14-6-2-3-9-7(4-6)8(5-13-9)10(11)12;/h2-5,13H,1H3,(H3,11,12);1H. The molecule has 0 amide bonds. The van der Waals surface area contributed by atoms with E-state index in [9.17, 15) is 0 Å². The summed E-state index contributed by atoms with van der Waals surface area (Å²) in [5.74, 6) is 0.823. The van der Waals surface area contributed by atoms with E-state index in [0.717, 1.165) is 16.7 Å². The van der Waals surface area contributed by atoms with Crippen LogP contribution in [0.2, 0.25) is 0 Å². The summed E-state index contributed by atoms with van der Waals surface area (Å²) in [4.78, 5) is 3.04. The molecule has 4 N–H and O–H groups in total. The van der Waals surface area contributed by atoms with Crippen molar-refractivity contribution in [3.63, 3.8) is 0 Å². The van der Waals surface area contributed by atoms with Crippen LogP contribution in [-0.2, 0) is 0 Å². The van der Waals surface area contributed by atoms with E-state index in [1.807, 2.05) is 18.2 Å². The Morgan fingerprint density at radius 3 is 2.80 bits per heavy atom. The van der Waals surface area contributed by atoms with Crippen LogP contribution in [0.4, 0.5) is 0 Å². The Bertz CT molecular complexity index is 492. The zero-order valence-corrected chi connectivity index (χ0v) is 9.02. The number of aromatic nitrogens is 1. The Kier molecular flexibility index (Phi) is 3.21. The van der Waals surface area contributed by atoms with Gasteiger partial charge in [-0.1, -0.05) is 0 Å². The van der Waals surface area contributed by atoms with Gasteiger partial charge in [0.05, 0.1) is 7.11 Å². The maximum absolute atomic E-state index is 7.38. The highest BCUT2D eigenvalue weighted by molar-refractivity contribution is 6.07. The molecule has 1 aromatic heterocycles. The summed E-state index contributed by atoms with van der Waals surface area (Å²) in [5.41, 5.74) is 7.10. The number of nitrogens with two attached hydrogens (primary N) is 1. The summed E-state index contributed by atoms with van der Waals surface area (Å²) < 4.78 is 5.10. The van der Waals surface area contributed by atoms with Crippen molar-refractivity contribution in [1.29, 1.82) is 5.41 Å². The van der Waals surface area contributed by atoms with Crippen molar-refractivity contribution >= 4 is 29.1 Å². The Balaban J connectivity index is 0.00000112. The molecule has 0 unspecified atom stereocenters. The Labute approximate surface area is 93.3 Å². The summed E-state index contributed by atoms with van der Waals surface area (Å²) in [6.45, 7) is 0. The van der Waals surface area contributed by atoms with E-state index in [2.05, 4.69) is 4.98 Å². The van der Waals surface area contributed by atoms with Crippen LogP contribution in [0, 0.1) is 5.41 Å². The van der Waals surface area contributed by atoms with Crippen molar-refractivity contribution in [1.82, 2.24) is 4.98 Å². The zero-order chi connectivity index (χ0) is 10.1. The molecule has 2 rings (SSSR count). The quantitative estimate of drug-likeness (QED) is 0.539. The second kappa shape index (κ2) is 4.23. The van der Waals surface area contributed by atoms with E-state index < -0.39 is 0 Å². The highest BCUT2D eigenvalue weighted by atomic mass is 35.5. The number of benzene rings is 1. The first kappa shape index (κ1) is 11.4. The highest BCUT2D eigenvalue weighted by Gasteiger charge is 2.06. The minimum atomic E-state index is 0. The number of H-pyrrole nitrogens is 1. The molecule has 0 spiro atoms. The third-order valence-corrected chi connectivity index (χ3v) is 2.18. The van der Waals surface area contributed by atoms with Crippen LogP contribution in [-0.4, -0.2) is 17.9 Å². The van der Waals surface area contributed by atoms with Crippen molar-refractivity contribution in [2.24, 2.45) is 5.73 Å². The third kappa shape index (κ3) is 1.89. The number of hydrogen-bond acceptors (Lipinski definition) is 2. The Morgan fingerprint density at radius 1 is 1.47 bits per heavy atom. The van der Waals surface area contributed by atoms with Gasteiger partial charge in [-0.3, -0.25) is 5.41 Å². The smallest absolute Gasteiger partial charge is 0.124 e. The number of fused-ring (bicyclic) bond motifs is 1. The molecule has 0 aliphatic carbocycles. The number of halogens is 1. The van der Waals surface area contributed by atoms with Crippen LogP contribution in [0.3, 0.4) is 0 Å². The summed E-state index contributed by atoms with van der Waals surface area (Å²) in [5, 5.41) is 8.29. The van der Waals surface area contributed by atoms with E-state index in [-0.39, 0.29) is 18.2 Å². The molecule has 0 aliphatic heterocycles.